The Morgan fingerprint density at radius 1 is 1.50 bits per heavy atom. The fourth-order valence-electron chi connectivity index (χ4n) is 0.849. The van der Waals surface area contributed by atoms with Crippen LogP contribution in [-0.2, 0) is 11.3 Å². The van der Waals surface area contributed by atoms with Gasteiger partial charge in [0.25, 0.3) is 0 Å². The molecule has 66 valence electrons. The molecule has 0 aliphatic carbocycles. The number of hydrogen-bond donors (Lipinski definition) is 0. The van der Waals surface area contributed by atoms with E-state index in [-0.39, 0.29) is 5.02 Å². The van der Waals surface area contributed by atoms with Crippen molar-refractivity contribution in [3.8, 4) is 0 Å². The molecule has 12 heavy (non-hydrogen) atoms. The highest BCUT2D eigenvalue weighted by atomic mass is 35.5. The number of benzene rings is 1. The van der Waals surface area contributed by atoms with E-state index in [4.69, 9.17) is 16.3 Å². The van der Waals surface area contributed by atoms with Gasteiger partial charge in [0, 0.05) is 6.61 Å². The zero-order valence-corrected chi connectivity index (χ0v) is 7.57. The van der Waals surface area contributed by atoms with Crippen molar-refractivity contribution in [1.29, 1.82) is 0 Å². The molecule has 0 amide bonds. The third-order valence-corrected chi connectivity index (χ3v) is 1.75. The topological polar surface area (TPSA) is 9.23 Å². The van der Waals surface area contributed by atoms with Crippen LogP contribution in [0.1, 0.15) is 12.5 Å². The van der Waals surface area contributed by atoms with Crippen LogP contribution in [0.5, 0.6) is 0 Å². The van der Waals surface area contributed by atoms with Crippen molar-refractivity contribution in [2.45, 2.75) is 13.5 Å². The molecule has 0 spiro atoms. The van der Waals surface area contributed by atoms with Crippen molar-refractivity contribution in [2.24, 2.45) is 0 Å². The average molecular weight is 189 g/mol. The van der Waals surface area contributed by atoms with Gasteiger partial charge in [0.15, 0.2) is 0 Å². The first-order valence-corrected chi connectivity index (χ1v) is 4.13. The summed E-state index contributed by atoms with van der Waals surface area (Å²) < 4.78 is 17.8. The molecule has 1 nitrogen and oxygen atoms in total. The smallest absolute Gasteiger partial charge is 0.141 e. The van der Waals surface area contributed by atoms with Crippen molar-refractivity contribution in [1.82, 2.24) is 0 Å². The SMILES string of the molecule is CCOCc1ccc(F)c(Cl)c1. The monoisotopic (exact) mass is 188 g/mol. The molecule has 0 radical (unpaired) electrons. The molecule has 0 aliphatic rings. The Hall–Kier alpha value is -0.600. The van der Waals surface area contributed by atoms with E-state index in [9.17, 15) is 4.39 Å². The number of hydrogen-bond acceptors (Lipinski definition) is 1. The maximum absolute atomic E-state index is 12.6. The van der Waals surface area contributed by atoms with Crippen LogP contribution >= 0.6 is 11.6 Å². The van der Waals surface area contributed by atoms with Crippen LogP contribution in [0.15, 0.2) is 18.2 Å². The molecular weight excluding hydrogens is 179 g/mol. The van der Waals surface area contributed by atoms with Gasteiger partial charge in [-0.3, -0.25) is 0 Å². The van der Waals surface area contributed by atoms with Gasteiger partial charge in [0.2, 0.25) is 0 Å². The average Bonchev–Trinajstić information content (AvgIpc) is 2.07. The van der Waals surface area contributed by atoms with E-state index in [0.717, 1.165) is 5.56 Å². The minimum absolute atomic E-state index is 0.146. The van der Waals surface area contributed by atoms with Crippen molar-refractivity contribution < 1.29 is 9.13 Å². The van der Waals surface area contributed by atoms with Crippen LogP contribution in [0.3, 0.4) is 0 Å². The summed E-state index contributed by atoms with van der Waals surface area (Å²) in [6.07, 6.45) is 0. The molecule has 0 saturated carbocycles. The molecule has 1 aromatic carbocycles. The zero-order valence-electron chi connectivity index (χ0n) is 6.81. The summed E-state index contributed by atoms with van der Waals surface area (Å²) in [4.78, 5) is 0. The molecule has 3 heteroatoms. The van der Waals surface area contributed by atoms with Crippen LogP contribution < -0.4 is 0 Å². The Kier molecular flexibility index (Phi) is 3.50. The van der Waals surface area contributed by atoms with E-state index in [1.165, 1.54) is 6.07 Å². The predicted octanol–water partition coefficient (Wildman–Crippen LogP) is 3.02. The normalized spacial score (nSPS) is 10.2. The van der Waals surface area contributed by atoms with Crippen molar-refractivity contribution in [3.05, 3.63) is 34.6 Å². The predicted molar refractivity (Wildman–Crippen MR) is 46.7 cm³/mol. The van der Waals surface area contributed by atoms with Gasteiger partial charge in [0.1, 0.15) is 5.82 Å². The number of halogens is 2. The van der Waals surface area contributed by atoms with Gasteiger partial charge in [-0.15, -0.1) is 0 Å². The van der Waals surface area contributed by atoms with Crippen LogP contribution in [0, 0.1) is 5.82 Å². The van der Waals surface area contributed by atoms with E-state index in [1.807, 2.05) is 6.92 Å². The molecule has 0 atom stereocenters. The largest absolute Gasteiger partial charge is 0.377 e. The van der Waals surface area contributed by atoms with Crippen molar-refractivity contribution >= 4 is 11.6 Å². The third kappa shape index (κ3) is 2.47. The first kappa shape index (κ1) is 9.49. The number of rotatable bonds is 3. The standard InChI is InChI=1S/C9H10ClFO/c1-2-12-6-7-3-4-9(11)8(10)5-7/h3-5H,2,6H2,1H3. The highest BCUT2D eigenvalue weighted by Gasteiger charge is 1.99. The van der Waals surface area contributed by atoms with E-state index in [0.29, 0.717) is 13.2 Å². The first-order chi connectivity index (χ1) is 5.74. The Morgan fingerprint density at radius 3 is 2.83 bits per heavy atom. The Balaban J connectivity index is 2.69. The molecule has 0 aliphatic heterocycles. The van der Waals surface area contributed by atoms with Gasteiger partial charge >= 0.3 is 0 Å². The summed E-state index contributed by atoms with van der Waals surface area (Å²) in [7, 11) is 0. The van der Waals surface area contributed by atoms with Crippen LogP contribution in [0.2, 0.25) is 5.02 Å². The summed E-state index contributed by atoms with van der Waals surface area (Å²) in [6.45, 7) is 3.04. The Bertz CT molecular complexity index is 263. The van der Waals surface area contributed by atoms with Gasteiger partial charge in [-0.05, 0) is 24.6 Å². The molecule has 0 heterocycles. The molecule has 1 aromatic rings. The zero-order chi connectivity index (χ0) is 8.97. The molecule has 1 rings (SSSR count). The minimum atomic E-state index is -0.392. The molecule has 0 N–H and O–H groups in total. The van der Waals surface area contributed by atoms with E-state index in [2.05, 4.69) is 0 Å². The molecule has 0 unspecified atom stereocenters. The van der Waals surface area contributed by atoms with Gasteiger partial charge in [-0.2, -0.15) is 0 Å². The van der Waals surface area contributed by atoms with Gasteiger partial charge in [-0.25, -0.2) is 4.39 Å². The van der Waals surface area contributed by atoms with Gasteiger partial charge < -0.3 is 4.74 Å². The maximum atomic E-state index is 12.6. The maximum Gasteiger partial charge on any atom is 0.141 e. The van der Waals surface area contributed by atoms with E-state index in [1.54, 1.807) is 12.1 Å². The quantitative estimate of drug-likeness (QED) is 0.709. The Morgan fingerprint density at radius 2 is 2.25 bits per heavy atom. The summed E-state index contributed by atoms with van der Waals surface area (Å²) >= 11 is 5.56. The second-order valence-corrected chi connectivity index (χ2v) is 2.79. The fraction of sp³-hybridized carbons (Fsp3) is 0.333. The van der Waals surface area contributed by atoms with Gasteiger partial charge in [0.05, 0.1) is 11.6 Å². The highest BCUT2D eigenvalue weighted by Crippen LogP contribution is 2.16. The van der Waals surface area contributed by atoms with Gasteiger partial charge in [-0.1, -0.05) is 17.7 Å². The fourth-order valence-corrected chi connectivity index (χ4v) is 1.05. The summed E-state index contributed by atoms with van der Waals surface area (Å²) in [5.74, 6) is -0.392. The second-order valence-electron chi connectivity index (χ2n) is 2.39. The molecule has 0 fully saturated rings. The molecule has 0 saturated heterocycles. The lowest BCUT2D eigenvalue weighted by Crippen LogP contribution is -1.92. The summed E-state index contributed by atoms with van der Waals surface area (Å²) in [6, 6.07) is 4.58. The lowest BCUT2D eigenvalue weighted by Gasteiger charge is -2.01. The first-order valence-electron chi connectivity index (χ1n) is 3.75. The minimum Gasteiger partial charge on any atom is -0.377 e. The van der Waals surface area contributed by atoms with E-state index < -0.39 is 5.82 Å². The lowest BCUT2D eigenvalue weighted by atomic mass is 10.2. The highest BCUT2D eigenvalue weighted by molar-refractivity contribution is 6.30. The van der Waals surface area contributed by atoms with Crippen LogP contribution in [0.4, 0.5) is 4.39 Å². The molecule has 0 aromatic heterocycles. The molecular formula is C9H10ClFO. The Labute approximate surface area is 76.1 Å². The summed E-state index contributed by atoms with van der Waals surface area (Å²) in [5.41, 5.74) is 0.892. The van der Waals surface area contributed by atoms with Crippen LogP contribution in [0.25, 0.3) is 0 Å². The third-order valence-electron chi connectivity index (χ3n) is 1.46. The van der Waals surface area contributed by atoms with Crippen molar-refractivity contribution in [2.75, 3.05) is 6.61 Å². The molecule has 0 bridgehead atoms. The lowest BCUT2D eigenvalue weighted by molar-refractivity contribution is 0.134. The van der Waals surface area contributed by atoms with Crippen LogP contribution in [-0.4, -0.2) is 6.61 Å². The number of ether oxygens (including phenoxy) is 1. The van der Waals surface area contributed by atoms with E-state index >= 15 is 0 Å². The summed E-state index contributed by atoms with van der Waals surface area (Å²) in [5, 5.41) is 0.146. The van der Waals surface area contributed by atoms with Crippen molar-refractivity contribution in [3.63, 3.8) is 0 Å². The second kappa shape index (κ2) is 4.43.